The number of anilines is 2. The molecule has 1 saturated heterocycles. The lowest BCUT2D eigenvalue weighted by molar-refractivity contribution is -0.274. The molecule has 186 valence electrons. The van der Waals surface area contributed by atoms with Gasteiger partial charge in [0.15, 0.2) is 6.61 Å². The van der Waals surface area contributed by atoms with E-state index in [1.165, 1.54) is 12.1 Å². The number of aromatic nitrogens is 1. The van der Waals surface area contributed by atoms with Gasteiger partial charge in [0, 0.05) is 36.2 Å². The summed E-state index contributed by atoms with van der Waals surface area (Å²) in [5.41, 5.74) is 2.49. The van der Waals surface area contributed by atoms with E-state index >= 15 is 0 Å². The first-order valence-electron chi connectivity index (χ1n) is 11.3. The Labute approximate surface area is 201 Å². The van der Waals surface area contributed by atoms with Crippen molar-refractivity contribution < 1.29 is 27.4 Å². The van der Waals surface area contributed by atoms with Crippen molar-refractivity contribution >= 4 is 28.3 Å². The van der Waals surface area contributed by atoms with E-state index in [-0.39, 0.29) is 18.1 Å². The average Bonchev–Trinajstić information content (AvgIpc) is 2.77. The number of pyridine rings is 1. The lowest BCUT2D eigenvalue weighted by atomic mass is 10.1. The summed E-state index contributed by atoms with van der Waals surface area (Å²) in [6.07, 6.45) is -4.76. The molecule has 1 aromatic heterocycles. The number of carbonyl (C=O) groups is 1. The van der Waals surface area contributed by atoms with Crippen LogP contribution in [0, 0.1) is 6.92 Å². The van der Waals surface area contributed by atoms with Crippen LogP contribution in [0.4, 0.5) is 24.7 Å². The van der Waals surface area contributed by atoms with Crippen LogP contribution in [0.2, 0.25) is 0 Å². The lowest BCUT2D eigenvalue weighted by Gasteiger charge is -2.37. The van der Waals surface area contributed by atoms with Crippen LogP contribution in [0.1, 0.15) is 19.4 Å². The topological polar surface area (TPSA) is 75.7 Å². The van der Waals surface area contributed by atoms with E-state index in [2.05, 4.69) is 40.2 Å². The van der Waals surface area contributed by atoms with Gasteiger partial charge < -0.3 is 25.0 Å². The second-order valence-electron chi connectivity index (χ2n) is 8.76. The number of alkyl halides is 3. The molecule has 2 heterocycles. The number of nitrogens with one attached hydrogen (secondary N) is 2. The van der Waals surface area contributed by atoms with Crippen LogP contribution in [0.25, 0.3) is 10.9 Å². The number of rotatable bonds is 6. The second kappa shape index (κ2) is 9.99. The van der Waals surface area contributed by atoms with Crippen LogP contribution < -0.4 is 25.0 Å². The number of halogens is 3. The third-order valence-corrected chi connectivity index (χ3v) is 5.59. The smallest absolute Gasteiger partial charge is 0.484 e. The zero-order chi connectivity index (χ0) is 25.2. The van der Waals surface area contributed by atoms with E-state index in [0.29, 0.717) is 17.8 Å². The Balaban J connectivity index is 1.38. The highest BCUT2D eigenvalue weighted by atomic mass is 19.4. The Hall–Kier alpha value is -3.53. The monoisotopic (exact) mass is 488 g/mol. The summed E-state index contributed by atoms with van der Waals surface area (Å²) in [5.74, 6) is 0.425. The van der Waals surface area contributed by atoms with E-state index < -0.39 is 12.3 Å². The number of hydrogen-bond acceptors (Lipinski definition) is 6. The zero-order valence-corrected chi connectivity index (χ0v) is 19.6. The first-order chi connectivity index (χ1) is 16.6. The minimum Gasteiger partial charge on any atom is -0.484 e. The molecular weight excluding hydrogens is 461 g/mol. The van der Waals surface area contributed by atoms with E-state index in [1.54, 1.807) is 6.07 Å². The van der Waals surface area contributed by atoms with E-state index in [4.69, 9.17) is 9.72 Å². The number of fused-ring (bicyclic) bond motifs is 1. The number of hydrogen-bond donors (Lipinski definition) is 2. The molecule has 0 saturated carbocycles. The molecule has 0 bridgehead atoms. The first-order valence-corrected chi connectivity index (χ1v) is 11.3. The van der Waals surface area contributed by atoms with Crippen molar-refractivity contribution in [3.05, 3.63) is 54.1 Å². The molecule has 7 nitrogen and oxygen atoms in total. The number of benzene rings is 2. The van der Waals surface area contributed by atoms with Gasteiger partial charge in [-0.1, -0.05) is 0 Å². The molecule has 1 aliphatic rings. The predicted octanol–water partition coefficient (Wildman–Crippen LogP) is 4.65. The Morgan fingerprint density at radius 2 is 1.74 bits per heavy atom. The van der Waals surface area contributed by atoms with Gasteiger partial charge in [0.05, 0.1) is 5.52 Å². The third-order valence-electron chi connectivity index (χ3n) is 5.59. The molecule has 2 aromatic carbocycles. The van der Waals surface area contributed by atoms with E-state index in [9.17, 15) is 18.0 Å². The lowest BCUT2D eigenvalue weighted by Crippen LogP contribution is -2.54. The van der Waals surface area contributed by atoms with Gasteiger partial charge in [0.25, 0.3) is 5.91 Å². The summed E-state index contributed by atoms with van der Waals surface area (Å²) in [4.78, 5) is 19.5. The highest BCUT2D eigenvalue weighted by Crippen LogP contribution is 2.27. The van der Waals surface area contributed by atoms with Crippen molar-refractivity contribution in [3.63, 3.8) is 0 Å². The Kier molecular flexibility index (Phi) is 7.02. The van der Waals surface area contributed by atoms with Crippen LogP contribution in [0.5, 0.6) is 11.5 Å². The molecule has 0 spiro atoms. The fraction of sp³-hybridized carbons (Fsp3) is 0.360. The maximum Gasteiger partial charge on any atom is 0.573 e. The minimum absolute atomic E-state index is 0.248. The van der Waals surface area contributed by atoms with Gasteiger partial charge in [-0.2, -0.15) is 0 Å². The Morgan fingerprint density at radius 1 is 1.09 bits per heavy atom. The summed E-state index contributed by atoms with van der Waals surface area (Å²) in [5, 5.41) is 7.24. The summed E-state index contributed by atoms with van der Waals surface area (Å²) < 4.78 is 45.9. The van der Waals surface area contributed by atoms with Crippen LogP contribution in [0.3, 0.4) is 0 Å². The van der Waals surface area contributed by atoms with Crippen LogP contribution in [0.15, 0.2) is 48.5 Å². The van der Waals surface area contributed by atoms with Gasteiger partial charge in [-0.25, -0.2) is 4.98 Å². The summed E-state index contributed by atoms with van der Waals surface area (Å²) >= 11 is 0. The van der Waals surface area contributed by atoms with Gasteiger partial charge in [0.1, 0.15) is 17.3 Å². The molecule has 1 unspecified atom stereocenters. The number of nitrogens with zero attached hydrogens (tertiary/aromatic N) is 2. The van der Waals surface area contributed by atoms with Crippen LogP contribution in [-0.2, 0) is 4.79 Å². The molecule has 3 aromatic rings. The second-order valence-corrected chi connectivity index (χ2v) is 8.76. The molecule has 2 atom stereocenters. The van der Waals surface area contributed by atoms with E-state index in [1.807, 2.05) is 19.1 Å². The molecule has 4 rings (SSSR count). The zero-order valence-electron chi connectivity index (χ0n) is 19.6. The Bertz CT molecular complexity index is 1190. The van der Waals surface area contributed by atoms with Crippen LogP contribution in [-0.4, -0.2) is 49.0 Å². The molecule has 10 heteroatoms. The molecule has 0 radical (unpaired) electrons. The summed E-state index contributed by atoms with van der Waals surface area (Å²) in [6, 6.07) is 13.2. The molecule has 0 aliphatic carbocycles. The predicted molar refractivity (Wildman–Crippen MR) is 128 cm³/mol. The molecule has 1 aliphatic heterocycles. The third kappa shape index (κ3) is 6.54. The molecule has 35 heavy (non-hydrogen) atoms. The summed E-state index contributed by atoms with van der Waals surface area (Å²) in [7, 11) is 0. The SMILES string of the molecule is Cc1cc(N2CC(C)N[C@@H](C)C2)nc2ccc(NC(=O)COc3ccc(OC(F)(F)F)cc3)cc12. The first kappa shape index (κ1) is 24.6. The largest absolute Gasteiger partial charge is 0.573 e. The molecule has 1 fully saturated rings. The summed E-state index contributed by atoms with van der Waals surface area (Å²) in [6.45, 7) is 7.80. The number of amides is 1. The van der Waals surface area contributed by atoms with E-state index in [0.717, 1.165) is 47.5 Å². The highest BCUT2D eigenvalue weighted by molar-refractivity contribution is 5.95. The maximum absolute atomic E-state index is 12.3. The number of aryl methyl sites for hydroxylation is 1. The standard InChI is InChI=1S/C25H27F3N4O3/c1-15-10-23(32-12-16(2)29-17(3)13-32)31-22-9-4-18(11-21(15)22)30-24(33)14-34-19-5-7-20(8-6-19)35-25(26,27)28/h4-11,16-17,29H,12-14H2,1-3H3,(H,30,33)/t16-,17?/m0/s1. The van der Waals surface area contributed by atoms with Crippen molar-refractivity contribution in [3.8, 4) is 11.5 Å². The fourth-order valence-electron chi connectivity index (χ4n) is 4.21. The molecule has 1 amide bonds. The van der Waals surface area contributed by atoms with Crippen LogP contribution >= 0.6 is 0 Å². The quantitative estimate of drug-likeness (QED) is 0.526. The normalized spacial score (nSPS) is 18.4. The van der Waals surface area contributed by atoms with Gasteiger partial charge >= 0.3 is 6.36 Å². The van der Waals surface area contributed by atoms with Crippen molar-refractivity contribution in [2.24, 2.45) is 0 Å². The van der Waals surface area contributed by atoms with Gasteiger partial charge in [-0.05, 0) is 74.9 Å². The van der Waals surface area contributed by atoms with Gasteiger partial charge in [-0.3, -0.25) is 4.79 Å². The highest BCUT2D eigenvalue weighted by Gasteiger charge is 2.31. The fourth-order valence-corrected chi connectivity index (χ4v) is 4.21. The van der Waals surface area contributed by atoms with Gasteiger partial charge in [0.2, 0.25) is 0 Å². The Morgan fingerprint density at radius 3 is 2.40 bits per heavy atom. The molecular formula is C25H27F3N4O3. The maximum atomic E-state index is 12.3. The molecule has 2 N–H and O–H groups in total. The van der Waals surface area contributed by atoms with Crippen molar-refractivity contribution in [1.82, 2.24) is 10.3 Å². The number of piperazine rings is 1. The van der Waals surface area contributed by atoms with Crippen molar-refractivity contribution in [2.45, 2.75) is 39.2 Å². The van der Waals surface area contributed by atoms with Crippen molar-refractivity contribution in [2.75, 3.05) is 29.9 Å². The van der Waals surface area contributed by atoms with Crippen molar-refractivity contribution in [1.29, 1.82) is 0 Å². The number of carbonyl (C=O) groups excluding carboxylic acids is 1. The van der Waals surface area contributed by atoms with Gasteiger partial charge in [-0.15, -0.1) is 13.2 Å². The average molecular weight is 489 g/mol. The number of ether oxygens (including phenoxy) is 2. The minimum atomic E-state index is -4.76.